The first kappa shape index (κ1) is 39.7. The van der Waals surface area contributed by atoms with Crippen LogP contribution in [0.3, 0.4) is 0 Å². The molecule has 1 N–H and O–H groups in total. The van der Waals surface area contributed by atoms with E-state index in [4.69, 9.17) is 9.16 Å². The summed E-state index contributed by atoms with van der Waals surface area (Å²) >= 11 is 0. The van der Waals surface area contributed by atoms with E-state index < -0.39 is 45.3 Å². The number of carbonyl (C=O) groups is 4. The summed E-state index contributed by atoms with van der Waals surface area (Å²) in [6.07, 6.45) is 2.40. The topological polar surface area (TPSA) is 113 Å². The van der Waals surface area contributed by atoms with Crippen LogP contribution in [-0.2, 0) is 23.5 Å². The number of carboxylic acid groups (broad SMARTS) is 1. The summed E-state index contributed by atoms with van der Waals surface area (Å²) in [5.41, 5.74) is 0.509. The first-order valence-electron chi connectivity index (χ1n) is 18.1. The molecule has 53 heavy (non-hydrogen) atoms. The molecule has 2 heterocycles. The van der Waals surface area contributed by atoms with E-state index in [0.717, 1.165) is 15.9 Å². The van der Waals surface area contributed by atoms with Crippen molar-refractivity contribution in [2.75, 3.05) is 19.7 Å². The van der Waals surface area contributed by atoms with Crippen LogP contribution in [-0.4, -0.2) is 84.2 Å². The van der Waals surface area contributed by atoms with Gasteiger partial charge in [0.05, 0.1) is 18.1 Å². The summed E-state index contributed by atoms with van der Waals surface area (Å²) in [6.45, 7) is 13.4. The molecule has 11 heteroatoms. The SMILES string of the molecule is C=CCOC(=O)N1CC=C(C(=O)C[C@@H]2[C@@H]([C@@H](C)O[Si](C)(C)C(C)(C)C)C(=O)N2C(C(=O)O)=P(c2ccccc2)(c2ccccc2)c2ccccc2)CC1. The largest absolute Gasteiger partial charge is 0.477 e. The number of Topliss-reactive ketones (excluding diaryl/α,β-unsaturated/α-hetero) is 1. The van der Waals surface area contributed by atoms with Gasteiger partial charge in [-0.2, -0.15) is 0 Å². The van der Waals surface area contributed by atoms with Crippen LogP contribution in [0.15, 0.2) is 115 Å². The first-order valence-corrected chi connectivity index (χ1v) is 22.8. The average Bonchev–Trinajstić information content (AvgIpc) is 3.14. The monoisotopic (exact) mass is 754 g/mol. The van der Waals surface area contributed by atoms with Crippen LogP contribution >= 0.6 is 6.89 Å². The van der Waals surface area contributed by atoms with Crippen molar-refractivity contribution in [1.29, 1.82) is 0 Å². The van der Waals surface area contributed by atoms with Crippen molar-refractivity contribution >= 4 is 60.3 Å². The maximum Gasteiger partial charge on any atom is 0.410 e. The Bertz CT molecular complexity index is 1820. The van der Waals surface area contributed by atoms with Crippen molar-refractivity contribution in [2.24, 2.45) is 5.92 Å². The van der Waals surface area contributed by atoms with Crippen LogP contribution in [0.5, 0.6) is 0 Å². The number of benzene rings is 3. The number of β-lactam (4-membered cyclic amide) rings is 1. The lowest BCUT2D eigenvalue weighted by Gasteiger charge is -2.52. The molecule has 0 bridgehead atoms. The fraction of sp³-hybridized carbons (Fsp3) is 0.357. The molecule has 0 aromatic heterocycles. The average molecular weight is 755 g/mol. The first-order chi connectivity index (χ1) is 25.1. The highest BCUT2D eigenvalue weighted by atomic mass is 31.2. The van der Waals surface area contributed by atoms with Gasteiger partial charge >= 0.3 is 12.1 Å². The summed E-state index contributed by atoms with van der Waals surface area (Å²) in [4.78, 5) is 58.4. The van der Waals surface area contributed by atoms with Gasteiger partial charge in [0, 0.05) is 26.4 Å². The number of amides is 2. The summed E-state index contributed by atoms with van der Waals surface area (Å²) in [5.74, 6) is -2.53. The molecule has 0 spiro atoms. The van der Waals surface area contributed by atoms with Crippen LogP contribution in [0.25, 0.3) is 0 Å². The highest BCUT2D eigenvalue weighted by molar-refractivity contribution is 7.96. The smallest absolute Gasteiger partial charge is 0.410 e. The van der Waals surface area contributed by atoms with Crippen molar-refractivity contribution in [1.82, 2.24) is 9.80 Å². The molecule has 1 saturated heterocycles. The quantitative estimate of drug-likeness (QED) is 0.0938. The van der Waals surface area contributed by atoms with Crippen LogP contribution in [0.1, 0.15) is 40.5 Å². The Kier molecular flexibility index (Phi) is 12.2. The maximum atomic E-state index is 14.8. The predicted octanol–water partition coefficient (Wildman–Crippen LogP) is 6.35. The van der Waals surface area contributed by atoms with Gasteiger partial charge in [-0.15, -0.1) is 0 Å². The minimum atomic E-state index is -3.25. The van der Waals surface area contributed by atoms with E-state index in [1.165, 1.54) is 15.9 Å². The fourth-order valence-corrected chi connectivity index (χ4v) is 12.9. The Morgan fingerprint density at radius 2 is 1.45 bits per heavy atom. The second kappa shape index (κ2) is 16.2. The van der Waals surface area contributed by atoms with E-state index in [0.29, 0.717) is 18.5 Å². The van der Waals surface area contributed by atoms with E-state index in [-0.39, 0.29) is 41.7 Å². The van der Waals surface area contributed by atoms with Crippen LogP contribution in [0.2, 0.25) is 18.1 Å². The number of ether oxygens (including phenoxy) is 1. The minimum Gasteiger partial charge on any atom is -0.477 e. The number of aliphatic carboxylic acids is 1. The molecule has 3 aromatic rings. The van der Waals surface area contributed by atoms with Gasteiger partial charge in [0.15, 0.2) is 14.1 Å². The second-order valence-corrected chi connectivity index (χ2v) is 23.2. The number of likely N-dealkylation sites (tertiary alicyclic amines) is 1. The Morgan fingerprint density at radius 3 is 1.87 bits per heavy atom. The van der Waals surface area contributed by atoms with Crippen molar-refractivity contribution in [3.8, 4) is 0 Å². The molecule has 2 aliphatic heterocycles. The lowest BCUT2D eigenvalue weighted by molar-refractivity contribution is -0.157. The molecule has 9 nitrogen and oxygen atoms in total. The third-order valence-electron chi connectivity index (χ3n) is 10.8. The zero-order chi connectivity index (χ0) is 38.6. The van der Waals surface area contributed by atoms with Gasteiger partial charge in [-0.3, -0.25) is 9.59 Å². The van der Waals surface area contributed by atoms with Crippen molar-refractivity contribution in [3.05, 3.63) is 115 Å². The normalized spacial score (nSPS) is 18.4. The third kappa shape index (κ3) is 7.91. The summed E-state index contributed by atoms with van der Waals surface area (Å²) in [7, 11) is -2.38. The molecular weight excluding hydrogens is 704 g/mol. The number of rotatable bonds is 13. The molecule has 3 atom stereocenters. The molecule has 0 radical (unpaired) electrons. The third-order valence-corrected chi connectivity index (χ3v) is 19.6. The highest BCUT2D eigenvalue weighted by Gasteiger charge is 2.57. The van der Waals surface area contributed by atoms with Gasteiger partial charge in [-0.05, 0) is 53.0 Å². The molecular formula is C42H51N2O7PSi. The van der Waals surface area contributed by atoms with E-state index in [2.05, 4.69) is 40.4 Å². The van der Waals surface area contributed by atoms with Gasteiger partial charge in [-0.25, -0.2) is 9.59 Å². The molecule has 2 amide bonds. The van der Waals surface area contributed by atoms with Gasteiger partial charge in [-0.1, -0.05) is 130 Å². The van der Waals surface area contributed by atoms with Crippen molar-refractivity contribution in [3.63, 3.8) is 0 Å². The van der Waals surface area contributed by atoms with Crippen LogP contribution in [0, 0.1) is 5.92 Å². The summed E-state index contributed by atoms with van der Waals surface area (Å²) in [5, 5.41) is 13.6. The number of hydrogen-bond acceptors (Lipinski definition) is 6. The standard InChI is InChI=1S/C42H51N2O7PSi/c1-8-28-50-41(49)43-26-24-31(25-27-43)36(45)29-35-37(30(2)51-53(6,7)42(3,4)5)38(46)44(35)39(40(47)48)52(32-18-12-9-13-19-32,33-20-14-10-15-21-33)34-22-16-11-17-23-34/h8-24,30,35,37H,1,25-29H2,2-7H3,(H,47,48)/t30-,35-,37-/m1/s1. The zero-order valence-corrected chi connectivity index (χ0v) is 33.4. The number of ketones is 1. The van der Waals surface area contributed by atoms with Crippen molar-refractivity contribution < 1.29 is 33.4 Å². The van der Waals surface area contributed by atoms with Gasteiger partial charge in [0.2, 0.25) is 5.91 Å². The molecule has 0 aliphatic carbocycles. The Morgan fingerprint density at radius 1 is 0.943 bits per heavy atom. The molecule has 0 unspecified atom stereocenters. The fourth-order valence-electron chi connectivity index (χ4n) is 7.08. The Balaban J connectivity index is 1.69. The number of nitrogens with zero attached hydrogens (tertiary/aromatic N) is 2. The second-order valence-electron chi connectivity index (χ2n) is 15.1. The lowest BCUT2D eigenvalue weighted by Crippen LogP contribution is -2.69. The van der Waals surface area contributed by atoms with E-state index in [9.17, 15) is 24.3 Å². The summed E-state index contributed by atoms with van der Waals surface area (Å²) < 4.78 is 12.0. The number of hydrogen-bond donors (Lipinski definition) is 1. The molecule has 1 fully saturated rings. The number of carbonyl (C=O) groups excluding carboxylic acids is 3. The van der Waals surface area contributed by atoms with Crippen molar-refractivity contribution in [2.45, 2.75) is 70.8 Å². The van der Waals surface area contributed by atoms with Crippen LogP contribution in [0.4, 0.5) is 4.79 Å². The molecule has 5 rings (SSSR count). The lowest BCUT2D eigenvalue weighted by atomic mass is 9.79. The highest BCUT2D eigenvalue weighted by Crippen LogP contribution is 2.50. The molecule has 3 aromatic carbocycles. The molecule has 280 valence electrons. The van der Waals surface area contributed by atoms with Gasteiger partial charge in [0.1, 0.15) is 12.0 Å². The molecule has 2 aliphatic rings. The zero-order valence-electron chi connectivity index (χ0n) is 31.5. The van der Waals surface area contributed by atoms with Gasteiger partial charge in [0.25, 0.3) is 0 Å². The number of carboxylic acids is 1. The van der Waals surface area contributed by atoms with Gasteiger partial charge < -0.3 is 24.1 Å². The van der Waals surface area contributed by atoms with E-state index in [1.807, 2.05) is 97.9 Å². The Labute approximate surface area is 314 Å². The van der Waals surface area contributed by atoms with E-state index in [1.54, 1.807) is 6.08 Å². The van der Waals surface area contributed by atoms with E-state index >= 15 is 0 Å². The minimum absolute atomic E-state index is 0.0339. The summed E-state index contributed by atoms with van der Waals surface area (Å²) in [6, 6.07) is 27.8. The predicted molar refractivity (Wildman–Crippen MR) is 215 cm³/mol. The molecule has 0 saturated carbocycles. The maximum absolute atomic E-state index is 14.8. The Hall–Kier alpha value is -4.50. The van der Waals surface area contributed by atoms with Crippen LogP contribution < -0.4 is 15.9 Å².